The summed E-state index contributed by atoms with van der Waals surface area (Å²) in [6.45, 7) is 3.11. The zero-order valence-corrected chi connectivity index (χ0v) is 14.6. The van der Waals surface area contributed by atoms with Crippen LogP contribution in [-0.4, -0.2) is 42.8 Å². The first-order valence-corrected chi connectivity index (χ1v) is 8.31. The molecule has 132 valence electrons. The Labute approximate surface area is 153 Å². The van der Waals surface area contributed by atoms with E-state index in [1.807, 2.05) is 25.1 Å². The van der Waals surface area contributed by atoms with E-state index in [1.165, 1.54) is 6.33 Å². The summed E-state index contributed by atoms with van der Waals surface area (Å²) < 4.78 is 6.86. The van der Waals surface area contributed by atoms with Crippen LogP contribution in [0.15, 0.2) is 41.2 Å². The van der Waals surface area contributed by atoms with Gasteiger partial charge in [-0.05, 0) is 19.1 Å². The maximum absolute atomic E-state index is 5.98. The molecule has 3 heterocycles. The summed E-state index contributed by atoms with van der Waals surface area (Å²) in [4.78, 5) is 12.7. The third kappa shape index (κ3) is 3.42. The fourth-order valence-corrected chi connectivity index (χ4v) is 2.65. The SMILES string of the molecule is Cc1cc(NCCNc2nc(-c3cccc(Cl)c3)no2)n2ncnc2n1. The van der Waals surface area contributed by atoms with Crippen molar-refractivity contribution in [1.29, 1.82) is 0 Å². The van der Waals surface area contributed by atoms with Gasteiger partial charge in [-0.15, -0.1) is 0 Å². The van der Waals surface area contributed by atoms with Crippen molar-refractivity contribution in [2.75, 3.05) is 23.7 Å². The minimum absolute atomic E-state index is 0.346. The number of nitrogens with one attached hydrogen (secondary N) is 2. The van der Waals surface area contributed by atoms with Crippen LogP contribution in [0.5, 0.6) is 0 Å². The van der Waals surface area contributed by atoms with Gasteiger partial charge in [0.2, 0.25) is 5.82 Å². The van der Waals surface area contributed by atoms with E-state index in [0.29, 0.717) is 35.7 Å². The molecule has 0 amide bonds. The first-order chi connectivity index (χ1) is 12.7. The average Bonchev–Trinajstić information content (AvgIpc) is 3.27. The Hall–Kier alpha value is -3.20. The lowest BCUT2D eigenvalue weighted by Gasteiger charge is -2.08. The summed E-state index contributed by atoms with van der Waals surface area (Å²) >= 11 is 5.98. The van der Waals surface area contributed by atoms with Gasteiger partial charge in [0, 0.05) is 35.4 Å². The van der Waals surface area contributed by atoms with E-state index >= 15 is 0 Å². The number of anilines is 2. The second-order valence-electron chi connectivity index (χ2n) is 5.54. The van der Waals surface area contributed by atoms with Crippen LogP contribution in [-0.2, 0) is 0 Å². The number of aryl methyl sites for hydroxylation is 1. The number of aromatic nitrogens is 6. The predicted octanol–water partition coefficient (Wildman–Crippen LogP) is 2.66. The third-order valence-electron chi connectivity index (χ3n) is 3.60. The van der Waals surface area contributed by atoms with Crippen LogP contribution >= 0.6 is 11.6 Å². The van der Waals surface area contributed by atoms with Gasteiger partial charge in [0.05, 0.1) is 0 Å². The normalized spacial score (nSPS) is 11.0. The van der Waals surface area contributed by atoms with Crippen molar-refractivity contribution in [1.82, 2.24) is 29.7 Å². The van der Waals surface area contributed by atoms with E-state index in [-0.39, 0.29) is 0 Å². The minimum Gasteiger partial charge on any atom is -0.368 e. The molecule has 0 unspecified atom stereocenters. The fraction of sp³-hybridized carbons (Fsp3) is 0.188. The molecule has 4 rings (SSSR count). The van der Waals surface area contributed by atoms with Gasteiger partial charge in [0.15, 0.2) is 0 Å². The second kappa shape index (κ2) is 6.96. The topological polar surface area (TPSA) is 106 Å². The van der Waals surface area contributed by atoms with Crippen molar-refractivity contribution >= 4 is 29.2 Å². The number of hydrogen-bond acceptors (Lipinski definition) is 8. The highest BCUT2D eigenvalue weighted by atomic mass is 35.5. The van der Waals surface area contributed by atoms with Gasteiger partial charge in [-0.25, -0.2) is 4.98 Å². The molecule has 4 aromatic rings. The van der Waals surface area contributed by atoms with Crippen LogP contribution in [0.4, 0.5) is 11.8 Å². The van der Waals surface area contributed by atoms with E-state index in [4.69, 9.17) is 16.1 Å². The van der Waals surface area contributed by atoms with Crippen molar-refractivity contribution in [2.24, 2.45) is 0 Å². The van der Waals surface area contributed by atoms with Gasteiger partial charge in [0.25, 0.3) is 5.78 Å². The van der Waals surface area contributed by atoms with Crippen molar-refractivity contribution in [3.63, 3.8) is 0 Å². The number of nitrogens with zero attached hydrogens (tertiary/aromatic N) is 6. The largest absolute Gasteiger partial charge is 0.368 e. The maximum Gasteiger partial charge on any atom is 0.321 e. The van der Waals surface area contributed by atoms with Crippen molar-refractivity contribution in [3.05, 3.63) is 47.4 Å². The minimum atomic E-state index is 0.346. The third-order valence-corrected chi connectivity index (χ3v) is 3.83. The lowest BCUT2D eigenvalue weighted by Crippen LogP contribution is -2.16. The molecule has 0 spiro atoms. The van der Waals surface area contributed by atoms with Crippen LogP contribution < -0.4 is 10.6 Å². The molecule has 10 heteroatoms. The molecule has 0 saturated heterocycles. The molecule has 0 saturated carbocycles. The van der Waals surface area contributed by atoms with E-state index in [2.05, 4.69) is 35.8 Å². The van der Waals surface area contributed by atoms with E-state index in [0.717, 1.165) is 17.1 Å². The molecular formula is C16H15ClN8O. The van der Waals surface area contributed by atoms with Crippen molar-refractivity contribution < 1.29 is 4.52 Å². The average molecular weight is 371 g/mol. The van der Waals surface area contributed by atoms with Gasteiger partial charge in [0.1, 0.15) is 12.1 Å². The zero-order chi connectivity index (χ0) is 17.9. The molecule has 9 nitrogen and oxygen atoms in total. The van der Waals surface area contributed by atoms with Gasteiger partial charge in [-0.1, -0.05) is 28.9 Å². The standard InChI is InChI=1S/C16H15ClN8O/c1-10-7-13(25-15(22-10)20-9-21-25)18-5-6-19-16-23-14(24-26-16)11-3-2-4-12(17)8-11/h2-4,7-9,18H,5-6H2,1H3,(H,19,23,24). The number of fused-ring (bicyclic) bond motifs is 1. The first kappa shape index (κ1) is 16.3. The lowest BCUT2D eigenvalue weighted by molar-refractivity contribution is 0.432. The van der Waals surface area contributed by atoms with Crippen molar-refractivity contribution in [3.8, 4) is 11.4 Å². The van der Waals surface area contributed by atoms with Crippen LogP contribution in [0.3, 0.4) is 0 Å². The van der Waals surface area contributed by atoms with Crippen LogP contribution in [0, 0.1) is 6.92 Å². The quantitative estimate of drug-likeness (QED) is 0.499. The van der Waals surface area contributed by atoms with E-state index in [1.54, 1.807) is 16.6 Å². The number of benzene rings is 1. The number of rotatable bonds is 6. The molecule has 2 N–H and O–H groups in total. The molecule has 0 aliphatic rings. The molecule has 0 radical (unpaired) electrons. The maximum atomic E-state index is 5.98. The van der Waals surface area contributed by atoms with Gasteiger partial charge in [-0.2, -0.15) is 19.6 Å². The summed E-state index contributed by atoms with van der Waals surface area (Å²) in [5.74, 6) is 1.86. The highest BCUT2D eigenvalue weighted by Crippen LogP contribution is 2.21. The molecule has 1 aromatic carbocycles. The molecule has 26 heavy (non-hydrogen) atoms. The Bertz CT molecular complexity index is 1040. The Kier molecular flexibility index (Phi) is 4.36. The predicted molar refractivity (Wildman–Crippen MR) is 97.2 cm³/mol. The van der Waals surface area contributed by atoms with Gasteiger partial charge < -0.3 is 15.2 Å². The summed E-state index contributed by atoms with van der Waals surface area (Å²) in [5, 5.41) is 15.1. The Morgan fingerprint density at radius 2 is 2.04 bits per heavy atom. The smallest absolute Gasteiger partial charge is 0.321 e. The summed E-state index contributed by atoms with van der Waals surface area (Å²) in [6, 6.07) is 9.55. The van der Waals surface area contributed by atoms with Crippen LogP contribution in [0.25, 0.3) is 17.2 Å². The summed E-state index contributed by atoms with van der Waals surface area (Å²) in [6.07, 6.45) is 1.47. The molecule has 0 aliphatic carbocycles. The van der Waals surface area contributed by atoms with Gasteiger partial charge in [-0.3, -0.25) is 0 Å². The van der Waals surface area contributed by atoms with Crippen LogP contribution in [0.2, 0.25) is 5.02 Å². The zero-order valence-electron chi connectivity index (χ0n) is 13.8. The second-order valence-corrected chi connectivity index (χ2v) is 5.98. The Morgan fingerprint density at radius 1 is 1.15 bits per heavy atom. The lowest BCUT2D eigenvalue weighted by atomic mass is 10.2. The Morgan fingerprint density at radius 3 is 2.92 bits per heavy atom. The van der Waals surface area contributed by atoms with Gasteiger partial charge >= 0.3 is 6.01 Å². The Balaban J connectivity index is 1.36. The molecular weight excluding hydrogens is 356 g/mol. The monoisotopic (exact) mass is 370 g/mol. The molecule has 0 fully saturated rings. The number of hydrogen-bond donors (Lipinski definition) is 2. The fourth-order valence-electron chi connectivity index (χ4n) is 2.46. The van der Waals surface area contributed by atoms with E-state index in [9.17, 15) is 0 Å². The highest BCUT2D eigenvalue weighted by molar-refractivity contribution is 6.30. The molecule has 3 aromatic heterocycles. The highest BCUT2D eigenvalue weighted by Gasteiger charge is 2.09. The summed E-state index contributed by atoms with van der Waals surface area (Å²) in [5.41, 5.74) is 1.66. The first-order valence-electron chi connectivity index (χ1n) is 7.94. The van der Waals surface area contributed by atoms with Crippen molar-refractivity contribution in [2.45, 2.75) is 6.92 Å². The van der Waals surface area contributed by atoms with Crippen LogP contribution in [0.1, 0.15) is 5.69 Å². The van der Waals surface area contributed by atoms with E-state index < -0.39 is 0 Å². The molecule has 0 aliphatic heterocycles. The number of halogens is 1. The summed E-state index contributed by atoms with van der Waals surface area (Å²) in [7, 11) is 0. The molecule has 0 bridgehead atoms. The molecule has 0 atom stereocenters.